The lowest BCUT2D eigenvalue weighted by Gasteiger charge is -2.38. The van der Waals surface area contributed by atoms with Crippen molar-refractivity contribution in [2.75, 3.05) is 20.2 Å². The van der Waals surface area contributed by atoms with Gasteiger partial charge in [0.2, 0.25) is 0 Å². The van der Waals surface area contributed by atoms with Gasteiger partial charge in [-0.3, -0.25) is 4.90 Å². The van der Waals surface area contributed by atoms with Gasteiger partial charge in [-0.2, -0.15) is 0 Å². The van der Waals surface area contributed by atoms with Crippen molar-refractivity contribution in [2.45, 2.75) is 18.9 Å². The first-order chi connectivity index (χ1) is 12.4. The molecule has 0 heterocycles. The molecule has 0 saturated heterocycles. The van der Waals surface area contributed by atoms with Crippen molar-refractivity contribution in [1.29, 1.82) is 0 Å². The van der Waals surface area contributed by atoms with Crippen LogP contribution in [-0.4, -0.2) is 36.6 Å². The Kier molecular flexibility index (Phi) is 7.27. The number of hydrogen-bond acceptors (Lipinski definition) is 3. The third-order valence-electron chi connectivity index (χ3n) is 4.42. The van der Waals surface area contributed by atoms with Crippen molar-refractivity contribution in [1.82, 2.24) is 4.90 Å². The standard InChI is InChI=1S/C21H23Cl2NO2/c1-4-12-24(3)21(2,14-16-10-11-18(22)19(23)13-16)15-26-20(25)17-8-6-5-7-9-17/h4-11,13H,1,12,14-15H2,2-3H3/t21-/m0/s1. The van der Waals surface area contributed by atoms with E-state index < -0.39 is 5.54 Å². The van der Waals surface area contributed by atoms with E-state index >= 15 is 0 Å². The molecule has 0 saturated carbocycles. The van der Waals surface area contributed by atoms with E-state index in [2.05, 4.69) is 18.4 Å². The molecule has 0 spiro atoms. The molecular weight excluding hydrogens is 369 g/mol. The van der Waals surface area contributed by atoms with E-state index in [1.54, 1.807) is 18.2 Å². The first-order valence-corrected chi connectivity index (χ1v) is 9.09. The number of likely N-dealkylation sites (N-methyl/N-ethyl adjacent to an activating group) is 1. The van der Waals surface area contributed by atoms with Crippen LogP contribution in [0.1, 0.15) is 22.8 Å². The number of ether oxygens (including phenoxy) is 1. The van der Waals surface area contributed by atoms with Crippen molar-refractivity contribution in [3.63, 3.8) is 0 Å². The van der Waals surface area contributed by atoms with Crippen LogP contribution in [-0.2, 0) is 11.2 Å². The van der Waals surface area contributed by atoms with Crippen LogP contribution in [0.4, 0.5) is 0 Å². The number of benzene rings is 2. The summed E-state index contributed by atoms with van der Waals surface area (Å²) in [5, 5.41) is 1.03. The SMILES string of the molecule is C=CCN(C)[C@](C)(COC(=O)c1ccccc1)Cc1ccc(Cl)c(Cl)c1. The summed E-state index contributed by atoms with van der Waals surface area (Å²) < 4.78 is 5.61. The van der Waals surface area contributed by atoms with Gasteiger partial charge in [-0.1, -0.05) is 53.5 Å². The van der Waals surface area contributed by atoms with Crippen LogP contribution in [0.15, 0.2) is 61.2 Å². The number of rotatable bonds is 8. The fourth-order valence-corrected chi connectivity index (χ4v) is 3.00. The summed E-state index contributed by atoms with van der Waals surface area (Å²) in [5.41, 5.74) is 1.14. The van der Waals surface area contributed by atoms with Crippen molar-refractivity contribution in [3.05, 3.63) is 82.4 Å². The molecule has 0 N–H and O–H groups in total. The molecule has 2 aromatic carbocycles. The van der Waals surface area contributed by atoms with Crippen molar-refractivity contribution < 1.29 is 9.53 Å². The van der Waals surface area contributed by atoms with E-state index in [0.29, 0.717) is 28.6 Å². The third-order valence-corrected chi connectivity index (χ3v) is 5.16. The molecule has 0 unspecified atom stereocenters. The Bertz CT molecular complexity index is 764. The smallest absolute Gasteiger partial charge is 0.338 e. The topological polar surface area (TPSA) is 29.5 Å². The monoisotopic (exact) mass is 391 g/mol. The van der Waals surface area contributed by atoms with Crippen molar-refractivity contribution in [2.24, 2.45) is 0 Å². The zero-order valence-electron chi connectivity index (χ0n) is 15.0. The molecule has 138 valence electrons. The minimum Gasteiger partial charge on any atom is -0.460 e. The molecule has 5 heteroatoms. The lowest BCUT2D eigenvalue weighted by atomic mass is 9.92. The van der Waals surface area contributed by atoms with Gasteiger partial charge in [0.1, 0.15) is 6.61 Å². The normalized spacial score (nSPS) is 13.3. The van der Waals surface area contributed by atoms with E-state index in [-0.39, 0.29) is 12.6 Å². The van der Waals surface area contributed by atoms with E-state index in [4.69, 9.17) is 27.9 Å². The van der Waals surface area contributed by atoms with Crippen LogP contribution in [0.3, 0.4) is 0 Å². The maximum Gasteiger partial charge on any atom is 0.338 e. The molecule has 0 amide bonds. The molecule has 0 fully saturated rings. The molecule has 2 aromatic rings. The molecule has 0 aromatic heterocycles. The number of halogens is 2. The Balaban J connectivity index is 2.17. The van der Waals surface area contributed by atoms with Gasteiger partial charge in [-0.15, -0.1) is 6.58 Å². The summed E-state index contributed by atoms with van der Waals surface area (Å²) >= 11 is 12.2. The Morgan fingerprint density at radius 1 is 1.19 bits per heavy atom. The van der Waals surface area contributed by atoms with Gasteiger partial charge < -0.3 is 4.74 Å². The van der Waals surface area contributed by atoms with Crippen LogP contribution < -0.4 is 0 Å². The average molecular weight is 392 g/mol. The predicted molar refractivity (Wildman–Crippen MR) is 108 cm³/mol. The maximum absolute atomic E-state index is 12.3. The van der Waals surface area contributed by atoms with E-state index in [1.165, 1.54) is 0 Å². The Labute approximate surface area is 165 Å². The molecule has 0 aliphatic rings. The molecule has 1 atom stereocenters. The van der Waals surface area contributed by atoms with Gasteiger partial charge in [0.25, 0.3) is 0 Å². The quantitative estimate of drug-likeness (QED) is 0.453. The van der Waals surface area contributed by atoms with Crippen LogP contribution in [0.2, 0.25) is 10.0 Å². The van der Waals surface area contributed by atoms with Crippen molar-refractivity contribution >= 4 is 29.2 Å². The first-order valence-electron chi connectivity index (χ1n) is 8.34. The van der Waals surface area contributed by atoms with E-state index in [0.717, 1.165) is 5.56 Å². The highest BCUT2D eigenvalue weighted by Crippen LogP contribution is 2.27. The Morgan fingerprint density at radius 3 is 2.50 bits per heavy atom. The summed E-state index contributed by atoms with van der Waals surface area (Å²) in [7, 11) is 1.98. The predicted octanol–water partition coefficient (Wildman–Crippen LogP) is 5.27. The fourth-order valence-electron chi connectivity index (χ4n) is 2.68. The summed E-state index contributed by atoms with van der Waals surface area (Å²) in [5.74, 6) is -0.335. The van der Waals surface area contributed by atoms with Crippen LogP contribution in [0.5, 0.6) is 0 Å². The molecule has 0 aliphatic carbocycles. The second-order valence-electron chi connectivity index (χ2n) is 6.53. The second kappa shape index (κ2) is 9.22. The fraction of sp³-hybridized carbons (Fsp3) is 0.286. The van der Waals surface area contributed by atoms with Gasteiger partial charge in [-0.25, -0.2) is 4.79 Å². The lowest BCUT2D eigenvalue weighted by molar-refractivity contribution is 0.0172. The molecule has 2 rings (SSSR count). The molecule has 26 heavy (non-hydrogen) atoms. The number of esters is 1. The zero-order chi connectivity index (χ0) is 19.2. The Morgan fingerprint density at radius 2 is 1.88 bits per heavy atom. The summed E-state index contributed by atoms with van der Waals surface area (Å²) in [6.07, 6.45) is 2.47. The number of carbonyl (C=O) groups excluding carboxylic acids is 1. The van der Waals surface area contributed by atoms with Crippen LogP contribution in [0.25, 0.3) is 0 Å². The summed E-state index contributed by atoms with van der Waals surface area (Å²) in [6.45, 7) is 6.76. The summed E-state index contributed by atoms with van der Waals surface area (Å²) in [4.78, 5) is 14.4. The molecule has 0 aliphatic heterocycles. The highest BCUT2D eigenvalue weighted by molar-refractivity contribution is 6.42. The van der Waals surface area contributed by atoms with Gasteiger partial charge >= 0.3 is 5.97 Å². The van der Waals surface area contributed by atoms with Gasteiger partial charge in [0.05, 0.1) is 21.1 Å². The second-order valence-corrected chi connectivity index (χ2v) is 7.35. The minimum absolute atomic E-state index is 0.241. The van der Waals surface area contributed by atoms with Crippen LogP contribution >= 0.6 is 23.2 Å². The van der Waals surface area contributed by atoms with E-state index in [1.807, 2.05) is 43.5 Å². The highest BCUT2D eigenvalue weighted by atomic mass is 35.5. The van der Waals surface area contributed by atoms with Crippen LogP contribution in [0, 0.1) is 0 Å². The molecule has 0 bridgehead atoms. The average Bonchev–Trinajstić information content (AvgIpc) is 2.64. The van der Waals surface area contributed by atoms with Gasteiger partial charge in [0, 0.05) is 6.54 Å². The first kappa shape index (κ1) is 20.5. The minimum atomic E-state index is -0.421. The maximum atomic E-state index is 12.3. The Hall–Kier alpha value is -1.81. The third kappa shape index (κ3) is 5.34. The number of carbonyl (C=O) groups is 1. The lowest BCUT2D eigenvalue weighted by Crippen LogP contribution is -2.50. The molecule has 3 nitrogen and oxygen atoms in total. The largest absolute Gasteiger partial charge is 0.460 e. The highest BCUT2D eigenvalue weighted by Gasteiger charge is 2.31. The van der Waals surface area contributed by atoms with Gasteiger partial charge in [-0.05, 0) is 50.2 Å². The summed E-state index contributed by atoms with van der Waals surface area (Å²) in [6, 6.07) is 14.5. The molecular formula is C21H23Cl2NO2. The van der Waals surface area contributed by atoms with Crippen molar-refractivity contribution in [3.8, 4) is 0 Å². The zero-order valence-corrected chi connectivity index (χ0v) is 16.6. The number of nitrogens with zero attached hydrogens (tertiary/aromatic N) is 1. The number of hydrogen-bond donors (Lipinski definition) is 0. The van der Waals surface area contributed by atoms with E-state index in [9.17, 15) is 4.79 Å². The molecule has 0 radical (unpaired) electrons. The van der Waals surface area contributed by atoms with Gasteiger partial charge in [0.15, 0.2) is 0 Å².